The van der Waals surface area contributed by atoms with Crippen LogP contribution in [0.2, 0.25) is 0 Å². The molecule has 1 N–H and O–H groups in total. The number of rotatable bonds is 4. The topological polar surface area (TPSA) is 60.9 Å². The number of aromatic amines is 1. The number of anilines is 1. The van der Waals surface area contributed by atoms with E-state index in [9.17, 15) is 4.79 Å². The lowest BCUT2D eigenvalue weighted by molar-refractivity contribution is 0.0115. The number of aromatic nitrogens is 1. The molecule has 0 unspecified atom stereocenters. The minimum absolute atomic E-state index is 0.126. The Morgan fingerprint density at radius 2 is 1.86 bits per heavy atom. The molecule has 2 saturated heterocycles. The van der Waals surface area contributed by atoms with Crippen LogP contribution in [-0.2, 0) is 16.7 Å². The summed E-state index contributed by atoms with van der Waals surface area (Å²) in [5.74, 6) is 0.126. The van der Waals surface area contributed by atoms with Gasteiger partial charge in [0.25, 0.3) is 0 Å². The number of nitrogens with zero attached hydrogens (tertiary/aromatic N) is 3. The molecule has 36 heavy (non-hydrogen) atoms. The molecule has 0 amide bonds. The third kappa shape index (κ3) is 3.70. The normalized spacial score (nSPS) is 20.4. The van der Waals surface area contributed by atoms with Gasteiger partial charge >= 0.3 is 0 Å². The highest BCUT2D eigenvalue weighted by Gasteiger charge is 2.40. The molecule has 3 aromatic rings. The van der Waals surface area contributed by atoms with Crippen LogP contribution in [-0.4, -0.2) is 67.8 Å². The largest absolute Gasteiger partial charge is 0.379 e. The second-order valence-electron chi connectivity index (χ2n) is 11.1. The molecule has 0 spiro atoms. The number of carbonyl (C=O) groups excluding carboxylic acids is 1. The summed E-state index contributed by atoms with van der Waals surface area (Å²) in [6.45, 7) is 16.7. The van der Waals surface area contributed by atoms with Crippen molar-refractivity contribution in [1.82, 2.24) is 9.88 Å². The SMILES string of the molecule is C=NCc1ccc2c3c([nH]c2c1)C(C)(C)c1cc(N2CCC(N4CCOCC4)CC2)c(C)cc1C3=O. The summed E-state index contributed by atoms with van der Waals surface area (Å²) >= 11 is 0. The number of aryl methyl sites for hydroxylation is 1. The highest BCUT2D eigenvalue weighted by molar-refractivity contribution is 6.20. The Kier molecular flexibility index (Phi) is 5.77. The molecule has 0 bridgehead atoms. The molecule has 0 atom stereocenters. The van der Waals surface area contributed by atoms with Crippen molar-refractivity contribution in [3.63, 3.8) is 0 Å². The summed E-state index contributed by atoms with van der Waals surface area (Å²) in [6.07, 6.45) is 2.35. The number of morpholine rings is 1. The van der Waals surface area contributed by atoms with Crippen LogP contribution in [0.1, 0.15) is 65.0 Å². The summed E-state index contributed by atoms with van der Waals surface area (Å²) in [5.41, 5.74) is 8.04. The Morgan fingerprint density at radius 1 is 1.11 bits per heavy atom. The quantitative estimate of drug-likeness (QED) is 0.538. The first-order valence-corrected chi connectivity index (χ1v) is 13.2. The van der Waals surface area contributed by atoms with Gasteiger partial charge in [-0.1, -0.05) is 26.0 Å². The molecule has 0 saturated carbocycles. The van der Waals surface area contributed by atoms with E-state index >= 15 is 0 Å². The van der Waals surface area contributed by atoms with E-state index in [4.69, 9.17) is 4.74 Å². The fraction of sp³-hybridized carbons (Fsp3) is 0.467. The number of carbonyl (C=O) groups is 1. The van der Waals surface area contributed by atoms with Crippen molar-refractivity contribution in [1.29, 1.82) is 0 Å². The fourth-order valence-corrected chi connectivity index (χ4v) is 6.60. The van der Waals surface area contributed by atoms with Crippen LogP contribution in [0.15, 0.2) is 35.3 Å². The van der Waals surface area contributed by atoms with Crippen molar-refractivity contribution in [2.75, 3.05) is 44.3 Å². The Bertz CT molecular complexity index is 1340. The summed E-state index contributed by atoms with van der Waals surface area (Å²) < 4.78 is 5.55. The standard InChI is InChI=1S/C30H36N4O2/c1-19-15-23-24(17-26(19)34-9-7-21(8-10-34)33-11-13-36-14-12-33)30(2,3)29-27(28(23)35)22-6-5-20(18-31-4)16-25(22)32-29/h5-6,15-17,21,32H,4,7-14,18H2,1-3H3. The second kappa shape index (κ2) is 8.86. The average Bonchev–Trinajstić information content (AvgIpc) is 3.28. The zero-order valence-corrected chi connectivity index (χ0v) is 21.7. The lowest BCUT2D eigenvalue weighted by Gasteiger charge is -2.42. The molecular formula is C30H36N4O2. The van der Waals surface area contributed by atoms with Crippen molar-refractivity contribution in [2.24, 2.45) is 4.99 Å². The fourth-order valence-electron chi connectivity index (χ4n) is 6.60. The minimum Gasteiger partial charge on any atom is -0.379 e. The third-order valence-corrected chi connectivity index (χ3v) is 8.63. The molecule has 0 radical (unpaired) electrons. The number of ketones is 1. The van der Waals surface area contributed by atoms with E-state index in [0.717, 1.165) is 78.2 Å². The van der Waals surface area contributed by atoms with Gasteiger partial charge in [-0.2, -0.15) is 0 Å². The number of piperidine rings is 1. The van der Waals surface area contributed by atoms with Crippen LogP contribution < -0.4 is 4.90 Å². The van der Waals surface area contributed by atoms with Crippen LogP contribution in [0.4, 0.5) is 5.69 Å². The molecule has 2 aliphatic heterocycles. The highest BCUT2D eigenvalue weighted by Crippen LogP contribution is 2.45. The molecule has 3 aliphatic rings. The molecule has 6 heteroatoms. The number of hydrogen-bond acceptors (Lipinski definition) is 5. The van der Waals surface area contributed by atoms with Crippen LogP contribution >= 0.6 is 0 Å². The maximum absolute atomic E-state index is 13.9. The van der Waals surface area contributed by atoms with Gasteiger partial charge in [-0.3, -0.25) is 14.7 Å². The van der Waals surface area contributed by atoms with Crippen molar-refractivity contribution in [2.45, 2.75) is 51.6 Å². The van der Waals surface area contributed by atoms with Gasteiger partial charge in [-0.15, -0.1) is 0 Å². The lowest BCUT2D eigenvalue weighted by Crippen LogP contribution is -2.49. The van der Waals surface area contributed by atoms with E-state index in [1.54, 1.807) is 0 Å². The molecule has 6 nitrogen and oxygen atoms in total. The first-order valence-electron chi connectivity index (χ1n) is 13.2. The molecule has 2 fully saturated rings. The first-order chi connectivity index (χ1) is 17.4. The number of hydrogen-bond donors (Lipinski definition) is 1. The summed E-state index contributed by atoms with van der Waals surface area (Å²) in [5, 5.41) is 0.994. The Morgan fingerprint density at radius 3 is 2.58 bits per heavy atom. The van der Waals surface area contributed by atoms with E-state index < -0.39 is 0 Å². The Balaban J connectivity index is 1.34. The molecule has 188 valence electrons. The molecule has 3 heterocycles. The lowest BCUT2D eigenvalue weighted by atomic mass is 9.70. The van der Waals surface area contributed by atoms with Gasteiger partial charge in [-0.05, 0) is 61.4 Å². The van der Waals surface area contributed by atoms with Crippen LogP contribution in [0.25, 0.3) is 10.9 Å². The van der Waals surface area contributed by atoms with E-state index in [1.165, 1.54) is 24.1 Å². The number of ether oxygens (including phenoxy) is 1. The van der Waals surface area contributed by atoms with Crippen molar-refractivity contribution in [3.05, 3.63) is 63.8 Å². The van der Waals surface area contributed by atoms with Crippen LogP contribution in [0.5, 0.6) is 0 Å². The van der Waals surface area contributed by atoms with Crippen LogP contribution in [0.3, 0.4) is 0 Å². The predicted molar refractivity (Wildman–Crippen MR) is 146 cm³/mol. The van der Waals surface area contributed by atoms with Crippen molar-refractivity contribution < 1.29 is 9.53 Å². The molecule has 1 aromatic heterocycles. The predicted octanol–water partition coefficient (Wildman–Crippen LogP) is 4.85. The van der Waals surface area contributed by atoms with Gasteiger partial charge in [0.2, 0.25) is 0 Å². The number of nitrogens with one attached hydrogen (secondary N) is 1. The molecule has 2 aromatic carbocycles. The zero-order valence-electron chi connectivity index (χ0n) is 21.7. The number of H-pyrrole nitrogens is 1. The monoisotopic (exact) mass is 484 g/mol. The van der Waals surface area contributed by atoms with Crippen molar-refractivity contribution >= 4 is 29.1 Å². The molecular weight excluding hydrogens is 448 g/mol. The highest BCUT2D eigenvalue weighted by atomic mass is 16.5. The van der Waals surface area contributed by atoms with Gasteiger partial charge in [0, 0.05) is 65.5 Å². The van der Waals surface area contributed by atoms with Gasteiger partial charge < -0.3 is 14.6 Å². The van der Waals surface area contributed by atoms with E-state index in [-0.39, 0.29) is 11.2 Å². The summed E-state index contributed by atoms with van der Waals surface area (Å²) in [7, 11) is 0. The van der Waals surface area contributed by atoms with E-state index in [0.29, 0.717) is 12.6 Å². The maximum atomic E-state index is 13.9. The second-order valence-corrected chi connectivity index (χ2v) is 11.1. The van der Waals surface area contributed by atoms with Gasteiger partial charge in [0.15, 0.2) is 5.78 Å². The van der Waals surface area contributed by atoms with E-state index in [1.807, 2.05) is 0 Å². The first kappa shape index (κ1) is 23.4. The van der Waals surface area contributed by atoms with E-state index in [2.05, 4.69) is 77.6 Å². The summed E-state index contributed by atoms with van der Waals surface area (Å²) in [6, 6.07) is 11.3. The number of benzene rings is 2. The smallest absolute Gasteiger partial charge is 0.195 e. The number of fused-ring (bicyclic) bond motifs is 4. The molecule has 1 aliphatic carbocycles. The van der Waals surface area contributed by atoms with Gasteiger partial charge in [-0.25, -0.2) is 0 Å². The average molecular weight is 485 g/mol. The van der Waals surface area contributed by atoms with Crippen LogP contribution in [0, 0.1) is 6.92 Å². The molecule has 6 rings (SSSR count). The van der Waals surface area contributed by atoms with Gasteiger partial charge in [0.1, 0.15) is 0 Å². The Labute approximate surface area is 213 Å². The third-order valence-electron chi connectivity index (χ3n) is 8.63. The zero-order chi connectivity index (χ0) is 25.0. The number of aliphatic imine (C=N–C) groups is 1. The van der Waals surface area contributed by atoms with Gasteiger partial charge in [0.05, 0.1) is 25.3 Å². The Hall–Kier alpha value is -2.96. The summed E-state index contributed by atoms with van der Waals surface area (Å²) in [4.78, 5) is 26.6. The van der Waals surface area contributed by atoms with Crippen molar-refractivity contribution in [3.8, 4) is 0 Å². The maximum Gasteiger partial charge on any atom is 0.195 e. The minimum atomic E-state index is -0.303.